The molecule has 1 fully saturated rings. The Kier molecular flexibility index (Phi) is 7.61. The van der Waals surface area contributed by atoms with Gasteiger partial charge in [0.05, 0.1) is 23.2 Å². The number of carbonyl (C=O) groups excluding carboxylic acids is 2. The van der Waals surface area contributed by atoms with E-state index in [1.165, 1.54) is 12.0 Å². The van der Waals surface area contributed by atoms with Crippen LogP contribution in [-0.4, -0.2) is 71.1 Å². The van der Waals surface area contributed by atoms with Crippen LogP contribution < -0.4 is 9.47 Å². The number of phenols is 1. The summed E-state index contributed by atoms with van der Waals surface area (Å²) < 4.78 is 11.4. The number of carbonyl (C=O) groups is 2. The first-order valence-corrected chi connectivity index (χ1v) is 12.9. The van der Waals surface area contributed by atoms with Gasteiger partial charge in [0.15, 0.2) is 11.5 Å². The van der Waals surface area contributed by atoms with Crippen molar-refractivity contribution < 1.29 is 29.3 Å². The van der Waals surface area contributed by atoms with Crippen molar-refractivity contribution in [2.24, 2.45) is 0 Å². The summed E-state index contributed by atoms with van der Waals surface area (Å²) >= 11 is 3.34. The largest absolute Gasteiger partial charge is 0.507 e. The average molecular weight is 559 g/mol. The number of hydrogen-bond donors (Lipinski definition) is 2. The van der Waals surface area contributed by atoms with Gasteiger partial charge < -0.3 is 29.5 Å². The third kappa shape index (κ3) is 4.69. The minimum atomic E-state index is -0.852. The zero-order valence-corrected chi connectivity index (χ0v) is 22.5. The maximum atomic E-state index is 13.4. The van der Waals surface area contributed by atoms with E-state index in [9.17, 15) is 19.8 Å². The van der Waals surface area contributed by atoms with E-state index in [4.69, 9.17) is 9.47 Å². The van der Waals surface area contributed by atoms with E-state index in [2.05, 4.69) is 20.8 Å². The van der Waals surface area contributed by atoms with Gasteiger partial charge in [0, 0.05) is 25.1 Å². The van der Waals surface area contributed by atoms with E-state index in [1.807, 2.05) is 26.8 Å². The lowest BCUT2D eigenvalue weighted by Gasteiger charge is -2.28. The van der Waals surface area contributed by atoms with Gasteiger partial charge in [-0.25, -0.2) is 0 Å². The molecule has 192 valence electrons. The molecule has 0 bridgehead atoms. The minimum Gasteiger partial charge on any atom is -0.507 e. The maximum Gasteiger partial charge on any atom is 0.295 e. The molecule has 1 amide bonds. The number of halogens is 1. The van der Waals surface area contributed by atoms with Crippen LogP contribution in [0.3, 0.4) is 0 Å². The first-order chi connectivity index (χ1) is 17.2. The van der Waals surface area contributed by atoms with E-state index < -0.39 is 17.7 Å². The molecule has 0 spiro atoms. The van der Waals surface area contributed by atoms with Gasteiger partial charge in [-0.3, -0.25) is 9.59 Å². The molecule has 0 saturated carbocycles. The van der Waals surface area contributed by atoms with Crippen LogP contribution in [0.25, 0.3) is 5.76 Å². The molecule has 9 heteroatoms. The standard InChI is InChI=1S/C27H31BrN2O6/c1-5-29(6-2)9-10-30-23(18-13-19(28)25(32)21(14-18)35-4)22(26(33)27(30)34)24(31)16-7-8-20-17(12-16)11-15(3)36-20/h7-8,12-15,23,31-32H,5-6,9-11H2,1-4H3/b24-22+/t15-,23+/m0/s1. The van der Waals surface area contributed by atoms with Gasteiger partial charge in [-0.1, -0.05) is 13.8 Å². The molecule has 1 saturated heterocycles. The van der Waals surface area contributed by atoms with Gasteiger partial charge in [-0.05, 0) is 77.4 Å². The van der Waals surface area contributed by atoms with E-state index in [-0.39, 0.29) is 28.9 Å². The molecule has 2 aromatic carbocycles. The van der Waals surface area contributed by atoms with Crippen LogP contribution in [0.15, 0.2) is 40.4 Å². The summed E-state index contributed by atoms with van der Waals surface area (Å²) in [4.78, 5) is 30.3. The van der Waals surface area contributed by atoms with Crippen molar-refractivity contribution in [2.45, 2.75) is 39.3 Å². The zero-order chi connectivity index (χ0) is 26.1. The van der Waals surface area contributed by atoms with Gasteiger partial charge in [-0.2, -0.15) is 0 Å². The monoisotopic (exact) mass is 558 g/mol. The molecule has 0 aliphatic carbocycles. The Morgan fingerprint density at radius 3 is 2.61 bits per heavy atom. The van der Waals surface area contributed by atoms with Crippen LogP contribution in [0.2, 0.25) is 0 Å². The number of rotatable bonds is 8. The van der Waals surface area contributed by atoms with Crippen LogP contribution in [0.5, 0.6) is 17.2 Å². The molecular formula is C27H31BrN2O6. The molecule has 2 aliphatic rings. The Labute approximate surface area is 219 Å². The summed E-state index contributed by atoms with van der Waals surface area (Å²) in [5, 5.41) is 21.8. The number of likely N-dealkylation sites (N-methyl/N-ethyl adjacent to an activating group) is 1. The minimum absolute atomic E-state index is 0.00565. The van der Waals surface area contributed by atoms with Crippen molar-refractivity contribution in [2.75, 3.05) is 33.3 Å². The normalized spacial score (nSPS) is 20.7. The van der Waals surface area contributed by atoms with Gasteiger partial charge in [-0.15, -0.1) is 0 Å². The van der Waals surface area contributed by atoms with Crippen molar-refractivity contribution in [1.82, 2.24) is 9.80 Å². The van der Waals surface area contributed by atoms with E-state index in [0.717, 1.165) is 24.4 Å². The van der Waals surface area contributed by atoms with Gasteiger partial charge in [0.2, 0.25) is 0 Å². The molecule has 8 nitrogen and oxygen atoms in total. The number of ether oxygens (including phenoxy) is 2. The first-order valence-electron chi connectivity index (χ1n) is 12.1. The highest BCUT2D eigenvalue weighted by molar-refractivity contribution is 9.10. The second-order valence-electron chi connectivity index (χ2n) is 9.03. The van der Waals surface area contributed by atoms with Gasteiger partial charge in [0.1, 0.15) is 17.6 Å². The summed E-state index contributed by atoms with van der Waals surface area (Å²) in [6.07, 6.45) is 0.727. The second-order valence-corrected chi connectivity index (χ2v) is 9.88. The highest BCUT2D eigenvalue weighted by Crippen LogP contribution is 2.44. The Morgan fingerprint density at radius 2 is 1.94 bits per heavy atom. The number of benzene rings is 2. The number of fused-ring (bicyclic) bond motifs is 1. The van der Waals surface area contributed by atoms with Gasteiger partial charge >= 0.3 is 0 Å². The highest BCUT2D eigenvalue weighted by atomic mass is 79.9. The first kappa shape index (κ1) is 26.0. The number of hydrogen-bond acceptors (Lipinski definition) is 7. The average Bonchev–Trinajstić information content (AvgIpc) is 3.36. The van der Waals surface area contributed by atoms with Crippen LogP contribution in [0.1, 0.15) is 43.5 Å². The molecule has 4 rings (SSSR count). The number of aromatic hydroxyl groups is 1. The van der Waals surface area contributed by atoms with Crippen molar-refractivity contribution in [3.8, 4) is 17.2 Å². The summed E-state index contributed by atoms with van der Waals surface area (Å²) in [5.41, 5.74) is 1.93. The van der Waals surface area contributed by atoms with Crippen molar-refractivity contribution >= 4 is 33.4 Å². The molecule has 36 heavy (non-hydrogen) atoms. The Bertz CT molecular complexity index is 1220. The summed E-state index contributed by atoms with van der Waals surface area (Å²) in [6, 6.07) is 7.66. The van der Waals surface area contributed by atoms with Crippen LogP contribution in [0.4, 0.5) is 0 Å². The predicted octanol–water partition coefficient (Wildman–Crippen LogP) is 4.25. The van der Waals surface area contributed by atoms with E-state index in [0.29, 0.717) is 35.1 Å². The number of ketones is 1. The Morgan fingerprint density at radius 1 is 1.22 bits per heavy atom. The quantitative estimate of drug-likeness (QED) is 0.284. The van der Waals surface area contributed by atoms with E-state index in [1.54, 1.807) is 24.3 Å². The van der Waals surface area contributed by atoms with E-state index >= 15 is 0 Å². The molecule has 0 unspecified atom stereocenters. The number of nitrogens with zero attached hydrogens (tertiary/aromatic N) is 2. The predicted molar refractivity (Wildman–Crippen MR) is 139 cm³/mol. The molecule has 2 N–H and O–H groups in total. The molecule has 0 radical (unpaired) electrons. The maximum absolute atomic E-state index is 13.4. The SMILES string of the molecule is CCN(CC)CCN1C(=O)C(=O)/C(=C(/O)c2ccc3c(c2)C[C@H](C)O3)[C@H]1c1cc(Br)c(O)c(OC)c1. The number of methoxy groups -OCH3 is 1. The van der Waals surface area contributed by atoms with Crippen LogP contribution >= 0.6 is 15.9 Å². The van der Waals surface area contributed by atoms with Crippen molar-refractivity contribution in [3.05, 3.63) is 57.1 Å². The van der Waals surface area contributed by atoms with Crippen LogP contribution in [-0.2, 0) is 16.0 Å². The molecule has 2 aromatic rings. The Hall–Kier alpha value is -3.04. The van der Waals surface area contributed by atoms with Crippen LogP contribution in [0, 0.1) is 0 Å². The fourth-order valence-electron chi connectivity index (χ4n) is 4.88. The smallest absolute Gasteiger partial charge is 0.295 e. The number of Topliss-reactive ketones (excluding diaryl/α,β-unsaturated/α-hetero) is 1. The highest BCUT2D eigenvalue weighted by Gasteiger charge is 2.46. The molecule has 2 aliphatic heterocycles. The third-order valence-corrected chi connectivity index (χ3v) is 7.45. The van der Waals surface area contributed by atoms with Crippen molar-refractivity contribution in [1.29, 1.82) is 0 Å². The third-order valence-electron chi connectivity index (χ3n) is 6.85. The molecule has 0 aromatic heterocycles. The molecular weight excluding hydrogens is 528 g/mol. The number of amides is 1. The number of likely N-dealkylation sites (tertiary alicyclic amines) is 1. The van der Waals surface area contributed by atoms with Gasteiger partial charge in [0.25, 0.3) is 11.7 Å². The lowest BCUT2D eigenvalue weighted by Crippen LogP contribution is -2.38. The summed E-state index contributed by atoms with van der Waals surface area (Å²) in [7, 11) is 1.43. The fraction of sp³-hybridized carbons (Fsp3) is 0.407. The number of aliphatic hydroxyl groups excluding tert-OH is 1. The zero-order valence-electron chi connectivity index (χ0n) is 20.9. The molecule has 2 heterocycles. The topological polar surface area (TPSA) is 99.5 Å². The lowest BCUT2D eigenvalue weighted by atomic mass is 9.94. The molecule has 2 atom stereocenters. The number of phenolic OH excluding ortho intramolecular Hbond substituents is 1. The fourth-order valence-corrected chi connectivity index (χ4v) is 5.34. The Balaban J connectivity index is 1.85. The number of aliphatic hydroxyl groups is 1. The summed E-state index contributed by atoms with van der Waals surface area (Å²) in [5.74, 6) is -0.802. The van der Waals surface area contributed by atoms with Crippen molar-refractivity contribution in [3.63, 3.8) is 0 Å². The second kappa shape index (κ2) is 10.5. The summed E-state index contributed by atoms with van der Waals surface area (Å²) in [6.45, 7) is 8.52. The lowest BCUT2D eigenvalue weighted by molar-refractivity contribution is -0.140.